The number of carbonyl (C=O) groups excluding carboxylic acids is 1. The van der Waals surface area contributed by atoms with Crippen LogP contribution >= 0.6 is 27.3 Å². The third kappa shape index (κ3) is 4.49. The van der Waals surface area contributed by atoms with E-state index in [4.69, 9.17) is 9.47 Å². The van der Waals surface area contributed by atoms with Crippen LogP contribution in [0.3, 0.4) is 0 Å². The molecule has 0 atom stereocenters. The Morgan fingerprint density at radius 1 is 1.29 bits per heavy atom. The number of rotatable bonds is 7. The third-order valence-corrected chi connectivity index (χ3v) is 5.36. The van der Waals surface area contributed by atoms with Crippen LogP contribution in [-0.4, -0.2) is 30.7 Å². The monoisotopic (exact) mass is 410 g/mol. The van der Waals surface area contributed by atoms with Crippen molar-refractivity contribution in [1.82, 2.24) is 10.2 Å². The molecule has 3 rings (SSSR count). The van der Waals surface area contributed by atoms with Gasteiger partial charge in [0.2, 0.25) is 12.7 Å². The van der Waals surface area contributed by atoms with Crippen LogP contribution in [0.25, 0.3) is 0 Å². The van der Waals surface area contributed by atoms with E-state index < -0.39 is 0 Å². The van der Waals surface area contributed by atoms with Gasteiger partial charge in [0, 0.05) is 18.0 Å². The van der Waals surface area contributed by atoms with Crippen LogP contribution in [0.4, 0.5) is 0 Å². The molecule has 128 valence electrons. The fourth-order valence-corrected chi connectivity index (χ4v) is 3.97. The highest BCUT2D eigenvalue weighted by Gasteiger charge is 2.14. The molecule has 0 radical (unpaired) electrons. The Kier molecular flexibility index (Phi) is 5.76. The van der Waals surface area contributed by atoms with Crippen molar-refractivity contribution >= 4 is 33.2 Å². The van der Waals surface area contributed by atoms with Crippen molar-refractivity contribution in [1.29, 1.82) is 0 Å². The summed E-state index contributed by atoms with van der Waals surface area (Å²) in [7, 11) is 0. The van der Waals surface area contributed by atoms with Gasteiger partial charge in [0.25, 0.3) is 0 Å². The largest absolute Gasteiger partial charge is 0.454 e. The minimum Gasteiger partial charge on any atom is -0.454 e. The van der Waals surface area contributed by atoms with Crippen molar-refractivity contribution < 1.29 is 14.3 Å². The van der Waals surface area contributed by atoms with Crippen molar-refractivity contribution in [3.8, 4) is 11.5 Å². The van der Waals surface area contributed by atoms with E-state index >= 15 is 0 Å². The number of ether oxygens (including phenoxy) is 2. The number of fused-ring (bicyclic) bond motifs is 1. The highest BCUT2D eigenvalue weighted by molar-refractivity contribution is 9.11. The van der Waals surface area contributed by atoms with Gasteiger partial charge in [-0.1, -0.05) is 13.0 Å². The summed E-state index contributed by atoms with van der Waals surface area (Å²) in [5, 5.41) is 2.96. The van der Waals surface area contributed by atoms with Crippen LogP contribution in [0.15, 0.2) is 34.1 Å². The minimum atomic E-state index is 0.0186. The van der Waals surface area contributed by atoms with E-state index in [9.17, 15) is 4.79 Å². The topological polar surface area (TPSA) is 50.8 Å². The second-order valence-corrected chi connectivity index (χ2v) is 8.02. The zero-order chi connectivity index (χ0) is 16.9. The molecule has 7 heteroatoms. The van der Waals surface area contributed by atoms with Gasteiger partial charge in [0.05, 0.1) is 10.3 Å². The van der Waals surface area contributed by atoms with Gasteiger partial charge in [-0.15, -0.1) is 11.3 Å². The Morgan fingerprint density at radius 3 is 2.88 bits per heavy atom. The Labute approximate surface area is 153 Å². The molecule has 1 aromatic carbocycles. The smallest absolute Gasteiger partial charge is 0.234 e. The summed E-state index contributed by atoms with van der Waals surface area (Å²) >= 11 is 5.17. The first-order valence-electron chi connectivity index (χ1n) is 7.76. The molecular formula is C17H19BrN2O3S. The number of nitrogens with zero attached hydrogens (tertiary/aromatic N) is 1. The molecule has 1 N–H and O–H groups in total. The van der Waals surface area contributed by atoms with E-state index in [0.29, 0.717) is 13.1 Å². The van der Waals surface area contributed by atoms with Gasteiger partial charge in [-0.05, 0) is 52.3 Å². The number of likely N-dealkylation sites (N-methyl/N-ethyl adjacent to an activating group) is 1. The maximum atomic E-state index is 12.2. The van der Waals surface area contributed by atoms with Crippen molar-refractivity contribution in [3.63, 3.8) is 0 Å². The van der Waals surface area contributed by atoms with E-state index in [1.165, 1.54) is 4.88 Å². The predicted octanol–water partition coefficient (Wildman–Crippen LogP) is 3.38. The summed E-state index contributed by atoms with van der Waals surface area (Å²) < 4.78 is 11.7. The molecule has 5 nitrogen and oxygen atoms in total. The van der Waals surface area contributed by atoms with Gasteiger partial charge in [0.15, 0.2) is 11.5 Å². The van der Waals surface area contributed by atoms with Crippen LogP contribution in [-0.2, 0) is 17.9 Å². The van der Waals surface area contributed by atoms with E-state index in [1.807, 2.05) is 24.3 Å². The van der Waals surface area contributed by atoms with E-state index in [2.05, 4.69) is 39.1 Å². The van der Waals surface area contributed by atoms with Gasteiger partial charge in [0.1, 0.15) is 0 Å². The average Bonchev–Trinajstić information content (AvgIpc) is 3.20. The number of carbonyl (C=O) groups is 1. The highest BCUT2D eigenvalue weighted by Crippen LogP contribution is 2.32. The molecule has 2 heterocycles. The first-order chi connectivity index (χ1) is 11.6. The number of hydrogen-bond donors (Lipinski definition) is 1. The maximum Gasteiger partial charge on any atom is 0.234 e. The first kappa shape index (κ1) is 17.3. The van der Waals surface area contributed by atoms with Crippen LogP contribution in [0, 0.1) is 0 Å². The summed E-state index contributed by atoms with van der Waals surface area (Å²) in [4.78, 5) is 15.6. The lowest BCUT2D eigenvalue weighted by molar-refractivity contribution is -0.122. The van der Waals surface area contributed by atoms with Gasteiger partial charge in [-0.3, -0.25) is 9.69 Å². The predicted molar refractivity (Wildman–Crippen MR) is 97.4 cm³/mol. The fourth-order valence-electron chi connectivity index (χ4n) is 2.45. The molecule has 24 heavy (non-hydrogen) atoms. The summed E-state index contributed by atoms with van der Waals surface area (Å²) in [6, 6.07) is 9.84. The van der Waals surface area contributed by atoms with Crippen molar-refractivity contribution in [2.24, 2.45) is 0 Å². The molecule has 1 aromatic heterocycles. The summed E-state index contributed by atoms with van der Waals surface area (Å²) in [5.74, 6) is 1.51. The Balaban J connectivity index is 1.49. The van der Waals surface area contributed by atoms with Crippen molar-refractivity contribution in [2.45, 2.75) is 20.0 Å². The quantitative estimate of drug-likeness (QED) is 0.759. The SMILES string of the molecule is CCN(CC(=O)NCc1ccc2c(c1)OCO2)Cc1ccc(Br)s1. The summed E-state index contributed by atoms with van der Waals surface area (Å²) in [6.45, 7) is 4.80. The second-order valence-electron chi connectivity index (χ2n) is 5.47. The minimum absolute atomic E-state index is 0.0186. The summed E-state index contributed by atoms with van der Waals surface area (Å²) in [5.41, 5.74) is 0.998. The van der Waals surface area contributed by atoms with E-state index in [1.54, 1.807) is 11.3 Å². The van der Waals surface area contributed by atoms with Gasteiger partial charge in [-0.25, -0.2) is 0 Å². The molecule has 2 aromatic rings. The van der Waals surface area contributed by atoms with Crippen molar-refractivity contribution in [3.05, 3.63) is 44.6 Å². The Bertz CT molecular complexity index is 720. The van der Waals surface area contributed by atoms with Crippen LogP contribution in [0.1, 0.15) is 17.4 Å². The highest BCUT2D eigenvalue weighted by atomic mass is 79.9. The number of nitrogens with one attached hydrogen (secondary N) is 1. The molecule has 0 fully saturated rings. The Hall–Kier alpha value is -1.57. The van der Waals surface area contributed by atoms with Gasteiger partial charge in [-0.2, -0.15) is 0 Å². The first-order valence-corrected chi connectivity index (χ1v) is 9.37. The molecule has 0 unspecified atom stereocenters. The van der Waals surface area contributed by atoms with Gasteiger partial charge < -0.3 is 14.8 Å². The zero-order valence-electron chi connectivity index (χ0n) is 13.4. The lowest BCUT2D eigenvalue weighted by atomic mass is 10.2. The van der Waals surface area contributed by atoms with Crippen LogP contribution < -0.4 is 14.8 Å². The average molecular weight is 411 g/mol. The van der Waals surface area contributed by atoms with E-state index in [0.717, 1.165) is 33.9 Å². The number of benzene rings is 1. The molecule has 0 saturated heterocycles. The van der Waals surface area contributed by atoms with E-state index in [-0.39, 0.29) is 12.7 Å². The summed E-state index contributed by atoms with van der Waals surface area (Å²) in [6.07, 6.45) is 0. The molecule has 1 amide bonds. The molecular weight excluding hydrogens is 392 g/mol. The molecule has 0 saturated carbocycles. The number of thiophene rings is 1. The standard InChI is InChI=1S/C17H19BrN2O3S/c1-2-20(9-13-4-6-16(18)24-13)10-17(21)19-8-12-3-5-14-15(7-12)23-11-22-14/h3-7H,2,8-11H2,1H3,(H,19,21). The normalized spacial score (nSPS) is 12.6. The fraction of sp³-hybridized carbons (Fsp3) is 0.353. The van der Waals surface area contributed by atoms with Crippen LogP contribution in [0.5, 0.6) is 11.5 Å². The molecule has 0 aliphatic carbocycles. The maximum absolute atomic E-state index is 12.2. The van der Waals surface area contributed by atoms with Crippen molar-refractivity contribution in [2.75, 3.05) is 19.9 Å². The molecule has 1 aliphatic rings. The molecule has 0 spiro atoms. The number of halogens is 1. The Morgan fingerprint density at radius 2 is 2.12 bits per heavy atom. The lowest BCUT2D eigenvalue weighted by Crippen LogP contribution is -2.36. The van der Waals surface area contributed by atoms with Crippen LogP contribution in [0.2, 0.25) is 0 Å². The second kappa shape index (κ2) is 8.00. The molecule has 0 bridgehead atoms. The van der Waals surface area contributed by atoms with Gasteiger partial charge >= 0.3 is 0 Å². The third-order valence-electron chi connectivity index (χ3n) is 3.75. The number of amides is 1. The molecule has 1 aliphatic heterocycles. The number of hydrogen-bond acceptors (Lipinski definition) is 5. The zero-order valence-corrected chi connectivity index (χ0v) is 15.8. The lowest BCUT2D eigenvalue weighted by Gasteiger charge is -2.19.